The number of aliphatic hydroxyl groups is 1. The molecule has 3 aromatic rings. The van der Waals surface area contributed by atoms with Crippen molar-refractivity contribution in [2.45, 2.75) is 18.4 Å². The molecule has 1 saturated heterocycles. The standard InChI is InChI=1S/C18H19N3O2S/c22-18(6-8-23-9-7-18)11-19-16-14-10-15(13-4-2-1-3-5-13)24-17(14)21-12-20-16/h1-5,10,12,22H,6-9,11H2,(H,19,20,21). The SMILES string of the molecule is OC1(CNc2ncnc3sc(-c4ccccc4)cc23)CCOCC1. The molecule has 3 heterocycles. The van der Waals surface area contributed by atoms with Gasteiger partial charge in [-0.2, -0.15) is 0 Å². The zero-order valence-electron chi connectivity index (χ0n) is 13.2. The van der Waals surface area contributed by atoms with Crippen LogP contribution in [0.3, 0.4) is 0 Å². The summed E-state index contributed by atoms with van der Waals surface area (Å²) in [7, 11) is 0. The Morgan fingerprint density at radius 2 is 1.96 bits per heavy atom. The molecule has 0 radical (unpaired) electrons. The monoisotopic (exact) mass is 341 g/mol. The van der Waals surface area contributed by atoms with E-state index in [1.807, 2.05) is 18.2 Å². The third kappa shape index (κ3) is 3.13. The largest absolute Gasteiger partial charge is 0.388 e. The minimum Gasteiger partial charge on any atom is -0.388 e. The molecule has 24 heavy (non-hydrogen) atoms. The molecule has 124 valence electrons. The number of ether oxygens (including phenoxy) is 1. The van der Waals surface area contributed by atoms with E-state index in [2.05, 4.69) is 33.5 Å². The number of aromatic nitrogens is 2. The lowest BCUT2D eigenvalue weighted by atomic mass is 9.94. The molecule has 4 rings (SSSR count). The zero-order chi connectivity index (χ0) is 16.4. The van der Waals surface area contributed by atoms with Gasteiger partial charge in [0.2, 0.25) is 0 Å². The summed E-state index contributed by atoms with van der Waals surface area (Å²) in [6.45, 7) is 1.68. The molecular formula is C18H19N3O2S. The quantitative estimate of drug-likeness (QED) is 0.762. The highest BCUT2D eigenvalue weighted by atomic mass is 32.1. The summed E-state index contributed by atoms with van der Waals surface area (Å²) >= 11 is 1.65. The van der Waals surface area contributed by atoms with Crippen LogP contribution < -0.4 is 5.32 Å². The highest BCUT2D eigenvalue weighted by Gasteiger charge is 2.29. The Morgan fingerprint density at radius 1 is 1.17 bits per heavy atom. The van der Waals surface area contributed by atoms with Gasteiger partial charge in [0, 0.05) is 37.5 Å². The molecule has 1 aromatic carbocycles. The van der Waals surface area contributed by atoms with E-state index in [4.69, 9.17) is 4.74 Å². The second kappa shape index (κ2) is 6.47. The summed E-state index contributed by atoms with van der Waals surface area (Å²) in [6, 6.07) is 12.4. The fourth-order valence-electron chi connectivity index (χ4n) is 2.92. The van der Waals surface area contributed by atoms with Gasteiger partial charge in [0.1, 0.15) is 17.0 Å². The van der Waals surface area contributed by atoms with Gasteiger partial charge in [-0.15, -0.1) is 11.3 Å². The summed E-state index contributed by atoms with van der Waals surface area (Å²) in [4.78, 5) is 10.9. The number of hydrogen-bond donors (Lipinski definition) is 2. The van der Waals surface area contributed by atoms with E-state index in [-0.39, 0.29) is 0 Å². The predicted molar refractivity (Wildman–Crippen MR) is 96.3 cm³/mol. The predicted octanol–water partition coefficient (Wildman–Crippen LogP) is 3.31. The number of nitrogens with one attached hydrogen (secondary N) is 1. The number of nitrogens with zero attached hydrogens (tertiary/aromatic N) is 2. The van der Waals surface area contributed by atoms with Gasteiger partial charge in [-0.1, -0.05) is 30.3 Å². The van der Waals surface area contributed by atoms with Crippen molar-refractivity contribution in [2.75, 3.05) is 25.1 Å². The molecule has 1 fully saturated rings. The maximum Gasteiger partial charge on any atom is 0.138 e. The molecule has 1 aliphatic rings. The maximum absolute atomic E-state index is 10.6. The summed E-state index contributed by atoms with van der Waals surface area (Å²) in [5, 5.41) is 14.9. The third-order valence-corrected chi connectivity index (χ3v) is 5.49. The van der Waals surface area contributed by atoms with Gasteiger partial charge in [-0.3, -0.25) is 0 Å². The van der Waals surface area contributed by atoms with Gasteiger partial charge in [0.25, 0.3) is 0 Å². The van der Waals surface area contributed by atoms with Gasteiger partial charge in [-0.05, 0) is 11.6 Å². The van der Waals surface area contributed by atoms with Crippen molar-refractivity contribution < 1.29 is 9.84 Å². The molecule has 0 spiro atoms. The first kappa shape index (κ1) is 15.5. The first-order valence-corrected chi connectivity index (χ1v) is 8.89. The third-order valence-electron chi connectivity index (χ3n) is 4.40. The second-order valence-electron chi connectivity index (χ2n) is 6.11. The van der Waals surface area contributed by atoms with Crippen molar-refractivity contribution in [3.05, 3.63) is 42.7 Å². The Balaban J connectivity index is 1.60. The Hall–Kier alpha value is -2.02. The molecule has 0 atom stereocenters. The van der Waals surface area contributed by atoms with Crippen LogP contribution in [-0.2, 0) is 4.74 Å². The molecule has 2 N–H and O–H groups in total. The average molecular weight is 341 g/mol. The van der Waals surface area contributed by atoms with E-state index in [9.17, 15) is 5.11 Å². The molecule has 1 aliphatic heterocycles. The number of fused-ring (bicyclic) bond motifs is 1. The van der Waals surface area contributed by atoms with Crippen LogP contribution in [0.25, 0.3) is 20.7 Å². The van der Waals surface area contributed by atoms with Gasteiger partial charge in [0.05, 0.1) is 11.0 Å². The van der Waals surface area contributed by atoms with Gasteiger partial charge >= 0.3 is 0 Å². The van der Waals surface area contributed by atoms with Crippen molar-refractivity contribution in [1.82, 2.24) is 9.97 Å². The molecule has 0 amide bonds. The van der Waals surface area contributed by atoms with Crippen molar-refractivity contribution in [3.63, 3.8) is 0 Å². The average Bonchev–Trinajstić information content (AvgIpc) is 3.06. The first-order valence-electron chi connectivity index (χ1n) is 8.08. The van der Waals surface area contributed by atoms with E-state index < -0.39 is 5.60 Å². The molecule has 0 saturated carbocycles. The minimum absolute atomic E-state index is 0.471. The van der Waals surface area contributed by atoms with Gasteiger partial charge < -0.3 is 15.2 Å². The highest BCUT2D eigenvalue weighted by molar-refractivity contribution is 7.21. The summed E-state index contributed by atoms with van der Waals surface area (Å²) in [5.41, 5.74) is 0.447. The van der Waals surface area contributed by atoms with Crippen LogP contribution in [0.2, 0.25) is 0 Å². The molecule has 0 aliphatic carbocycles. The summed E-state index contributed by atoms with van der Waals surface area (Å²) in [5.74, 6) is 0.776. The Labute approximate surface area is 144 Å². The maximum atomic E-state index is 10.6. The zero-order valence-corrected chi connectivity index (χ0v) is 14.1. The number of thiophene rings is 1. The smallest absolute Gasteiger partial charge is 0.138 e. The fourth-order valence-corrected chi connectivity index (χ4v) is 3.92. The molecule has 2 aromatic heterocycles. The molecule has 0 bridgehead atoms. The lowest BCUT2D eigenvalue weighted by molar-refractivity contribution is -0.0543. The summed E-state index contributed by atoms with van der Waals surface area (Å²) in [6.07, 6.45) is 2.87. The van der Waals surface area contributed by atoms with E-state index in [0.717, 1.165) is 16.0 Å². The van der Waals surface area contributed by atoms with Crippen molar-refractivity contribution in [3.8, 4) is 10.4 Å². The molecular weight excluding hydrogens is 322 g/mol. The minimum atomic E-state index is -0.728. The second-order valence-corrected chi connectivity index (χ2v) is 7.14. The summed E-state index contributed by atoms with van der Waals surface area (Å²) < 4.78 is 5.33. The van der Waals surface area contributed by atoms with Crippen LogP contribution in [0.1, 0.15) is 12.8 Å². The van der Waals surface area contributed by atoms with E-state index in [1.54, 1.807) is 17.7 Å². The number of benzene rings is 1. The van der Waals surface area contributed by atoms with Crippen LogP contribution >= 0.6 is 11.3 Å². The van der Waals surface area contributed by atoms with Crippen molar-refractivity contribution in [1.29, 1.82) is 0 Å². The fraction of sp³-hybridized carbons (Fsp3) is 0.333. The lowest BCUT2D eigenvalue weighted by Crippen LogP contribution is -2.42. The van der Waals surface area contributed by atoms with Crippen LogP contribution in [0.5, 0.6) is 0 Å². The van der Waals surface area contributed by atoms with Crippen molar-refractivity contribution in [2.24, 2.45) is 0 Å². The van der Waals surface area contributed by atoms with E-state index in [0.29, 0.717) is 32.6 Å². The Kier molecular flexibility index (Phi) is 4.18. The van der Waals surface area contributed by atoms with E-state index >= 15 is 0 Å². The van der Waals surface area contributed by atoms with E-state index in [1.165, 1.54) is 10.4 Å². The lowest BCUT2D eigenvalue weighted by Gasteiger charge is -2.32. The molecule has 6 heteroatoms. The number of hydrogen-bond acceptors (Lipinski definition) is 6. The molecule has 5 nitrogen and oxygen atoms in total. The first-order chi connectivity index (χ1) is 11.7. The van der Waals surface area contributed by atoms with Crippen LogP contribution in [-0.4, -0.2) is 40.4 Å². The normalized spacial score (nSPS) is 17.0. The number of anilines is 1. The van der Waals surface area contributed by atoms with Crippen LogP contribution in [0.15, 0.2) is 42.7 Å². The van der Waals surface area contributed by atoms with Crippen LogP contribution in [0.4, 0.5) is 5.82 Å². The van der Waals surface area contributed by atoms with Gasteiger partial charge in [0.15, 0.2) is 0 Å². The van der Waals surface area contributed by atoms with Gasteiger partial charge in [-0.25, -0.2) is 9.97 Å². The molecule has 0 unspecified atom stereocenters. The number of rotatable bonds is 4. The highest BCUT2D eigenvalue weighted by Crippen LogP contribution is 2.35. The Morgan fingerprint density at radius 3 is 2.75 bits per heavy atom. The Bertz CT molecular complexity index is 829. The topological polar surface area (TPSA) is 67.3 Å². The van der Waals surface area contributed by atoms with Crippen molar-refractivity contribution >= 4 is 27.4 Å². The van der Waals surface area contributed by atoms with Crippen LogP contribution in [0, 0.1) is 0 Å².